The van der Waals surface area contributed by atoms with Crippen molar-refractivity contribution in [3.8, 4) is 0 Å². The number of aromatic amines is 1. The zero-order chi connectivity index (χ0) is 13.4. The van der Waals surface area contributed by atoms with Crippen LogP contribution in [0.15, 0.2) is 24.3 Å². The SMILES string of the molecule is Cc1[nH]c2ccccc2c1N1CC(CN)OCC1=O. The van der Waals surface area contributed by atoms with Crippen molar-refractivity contribution >= 4 is 22.5 Å². The van der Waals surface area contributed by atoms with Crippen LogP contribution in [0, 0.1) is 6.92 Å². The largest absolute Gasteiger partial charge is 0.365 e. The lowest BCUT2D eigenvalue weighted by molar-refractivity contribution is -0.128. The van der Waals surface area contributed by atoms with E-state index in [1.54, 1.807) is 4.90 Å². The summed E-state index contributed by atoms with van der Waals surface area (Å²) in [7, 11) is 0. The molecule has 0 radical (unpaired) electrons. The summed E-state index contributed by atoms with van der Waals surface area (Å²) >= 11 is 0. The fourth-order valence-corrected chi connectivity index (χ4v) is 2.59. The van der Waals surface area contributed by atoms with E-state index in [0.717, 1.165) is 22.3 Å². The first-order valence-electron chi connectivity index (χ1n) is 6.40. The third kappa shape index (κ3) is 2.01. The maximum absolute atomic E-state index is 12.1. The van der Waals surface area contributed by atoms with Gasteiger partial charge in [0.05, 0.1) is 18.3 Å². The molecule has 0 saturated carbocycles. The van der Waals surface area contributed by atoms with E-state index in [-0.39, 0.29) is 18.6 Å². The van der Waals surface area contributed by atoms with Crippen LogP contribution in [0.4, 0.5) is 5.69 Å². The number of anilines is 1. The number of morpholine rings is 1. The van der Waals surface area contributed by atoms with Crippen LogP contribution in [0.1, 0.15) is 5.69 Å². The lowest BCUT2D eigenvalue weighted by Gasteiger charge is -2.32. The third-order valence-corrected chi connectivity index (χ3v) is 3.52. The predicted octanol–water partition coefficient (Wildman–Crippen LogP) is 1.17. The van der Waals surface area contributed by atoms with Crippen molar-refractivity contribution in [1.82, 2.24) is 4.98 Å². The molecule has 1 aliphatic rings. The highest BCUT2D eigenvalue weighted by atomic mass is 16.5. The Labute approximate surface area is 111 Å². The second kappa shape index (κ2) is 4.68. The molecule has 0 spiro atoms. The molecule has 19 heavy (non-hydrogen) atoms. The van der Waals surface area contributed by atoms with E-state index in [1.807, 2.05) is 31.2 Å². The number of para-hydroxylation sites is 1. The van der Waals surface area contributed by atoms with Crippen LogP contribution in [-0.2, 0) is 9.53 Å². The summed E-state index contributed by atoms with van der Waals surface area (Å²) in [6, 6.07) is 7.99. The highest BCUT2D eigenvalue weighted by molar-refractivity contribution is 6.05. The summed E-state index contributed by atoms with van der Waals surface area (Å²) in [5.74, 6) is -0.0162. The van der Waals surface area contributed by atoms with Gasteiger partial charge < -0.3 is 20.4 Å². The first kappa shape index (κ1) is 12.2. The van der Waals surface area contributed by atoms with Crippen LogP contribution in [0.3, 0.4) is 0 Å². The summed E-state index contributed by atoms with van der Waals surface area (Å²) in [4.78, 5) is 17.2. The van der Waals surface area contributed by atoms with Crippen LogP contribution < -0.4 is 10.6 Å². The molecule has 1 atom stereocenters. The molecule has 2 heterocycles. The molecule has 1 fully saturated rings. The number of aryl methyl sites for hydroxylation is 1. The number of nitrogens with one attached hydrogen (secondary N) is 1. The summed E-state index contributed by atoms with van der Waals surface area (Å²) in [6.07, 6.45) is -0.0919. The van der Waals surface area contributed by atoms with Crippen LogP contribution in [0.5, 0.6) is 0 Å². The summed E-state index contributed by atoms with van der Waals surface area (Å²) in [6.45, 7) is 3.01. The van der Waals surface area contributed by atoms with Crippen LogP contribution in [0.2, 0.25) is 0 Å². The van der Waals surface area contributed by atoms with Gasteiger partial charge in [0.2, 0.25) is 0 Å². The fraction of sp³-hybridized carbons (Fsp3) is 0.357. The normalized spacial score (nSPS) is 20.2. The molecule has 1 aromatic carbocycles. The number of amides is 1. The van der Waals surface area contributed by atoms with Gasteiger partial charge in [-0.1, -0.05) is 18.2 Å². The molecule has 1 aliphatic heterocycles. The highest BCUT2D eigenvalue weighted by Crippen LogP contribution is 2.31. The van der Waals surface area contributed by atoms with Gasteiger partial charge in [-0.25, -0.2) is 0 Å². The number of rotatable bonds is 2. The summed E-state index contributed by atoms with van der Waals surface area (Å²) in [5, 5.41) is 1.06. The third-order valence-electron chi connectivity index (χ3n) is 3.52. The molecule has 5 nitrogen and oxygen atoms in total. The van der Waals surface area contributed by atoms with Gasteiger partial charge in [-0.15, -0.1) is 0 Å². The Morgan fingerprint density at radius 1 is 1.47 bits per heavy atom. The second-order valence-electron chi connectivity index (χ2n) is 4.82. The van der Waals surface area contributed by atoms with E-state index in [9.17, 15) is 4.79 Å². The minimum absolute atomic E-state index is 0.0162. The molecule has 0 aliphatic carbocycles. The molecule has 2 aromatic rings. The van der Waals surface area contributed by atoms with Gasteiger partial charge in [0.1, 0.15) is 6.61 Å². The minimum atomic E-state index is -0.0919. The number of nitrogens with zero attached hydrogens (tertiary/aromatic N) is 1. The van der Waals surface area contributed by atoms with E-state index < -0.39 is 0 Å². The van der Waals surface area contributed by atoms with E-state index >= 15 is 0 Å². The summed E-state index contributed by atoms with van der Waals surface area (Å²) < 4.78 is 5.39. The smallest absolute Gasteiger partial charge is 0.253 e. The second-order valence-corrected chi connectivity index (χ2v) is 4.82. The maximum atomic E-state index is 12.1. The number of nitrogens with two attached hydrogens (primary N) is 1. The predicted molar refractivity (Wildman–Crippen MR) is 74.2 cm³/mol. The molecule has 1 saturated heterocycles. The lowest BCUT2D eigenvalue weighted by Crippen LogP contribution is -2.49. The van der Waals surface area contributed by atoms with Crippen molar-refractivity contribution in [1.29, 1.82) is 0 Å². The Morgan fingerprint density at radius 3 is 3.05 bits per heavy atom. The Kier molecular flexibility index (Phi) is 3.00. The fourth-order valence-electron chi connectivity index (χ4n) is 2.59. The highest BCUT2D eigenvalue weighted by Gasteiger charge is 2.29. The number of fused-ring (bicyclic) bond motifs is 1. The van der Waals surface area contributed by atoms with E-state index in [0.29, 0.717) is 13.1 Å². The summed E-state index contributed by atoms with van der Waals surface area (Å²) in [5.41, 5.74) is 8.62. The van der Waals surface area contributed by atoms with E-state index in [2.05, 4.69) is 4.98 Å². The Bertz CT molecular complexity index is 620. The molecule has 3 rings (SSSR count). The van der Waals surface area contributed by atoms with Crippen LogP contribution in [-0.4, -0.2) is 36.7 Å². The lowest BCUT2D eigenvalue weighted by atomic mass is 10.1. The van der Waals surface area contributed by atoms with Crippen molar-refractivity contribution in [2.75, 3.05) is 24.6 Å². The zero-order valence-corrected chi connectivity index (χ0v) is 10.8. The van der Waals surface area contributed by atoms with Crippen molar-refractivity contribution < 1.29 is 9.53 Å². The van der Waals surface area contributed by atoms with Crippen LogP contribution in [0.25, 0.3) is 10.9 Å². The van der Waals surface area contributed by atoms with Gasteiger partial charge in [0, 0.05) is 23.1 Å². The van der Waals surface area contributed by atoms with Gasteiger partial charge in [-0.2, -0.15) is 0 Å². The van der Waals surface area contributed by atoms with Crippen molar-refractivity contribution in [2.24, 2.45) is 5.73 Å². The maximum Gasteiger partial charge on any atom is 0.253 e. The van der Waals surface area contributed by atoms with Crippen molar-refractivity contribution in [2.45, 2.75) is 13.0 Å². The number of carbonyl (C=O) groups excluding carboxylic acids is 1. The zero-order valence-electron chi connectivity index (χ0n) is 10.8. The Balaban J connectivity index is 2.07. The quantitative estimate of drug-likeness (QED) is 0.850. The Hall–Kier alpha value is -1.85. The number of carbonyl (C=O) groups is 1. The molecule has 1 unspecified atom stereocenters. The molecule has 100 valence electrons. The molecule has 1 aromatic heterocycles. The number of hydrogen-bond acceptors (Lipinski definition) is 3. The van der Waals surface area contributed by atoms with E-state index in [4.69, 9.17) is 10.5 Å². The standard InChI is InChI=1S/C14H17N3O2/c1-9-14(11-4-2-3-5-12(11)16-9)17-7-10(6-15)19-8-13(17)18/h2-5,10,16H,6-8,15H2,1H3. The number of aromatic nitrogens is 1. The van der Waals surface area contributed by atoms with Crippen LogP contribution >= 0.6 is 0 Å². The number of hydrogen-bond donors (Lipinski definition) is 2. The van der Waals surface area contributed by atoms with Gasteiger partial charge >= 0.3 is 0 Å². The van der Waals surface area contributed by atoms with Crippen molar-refractivity contribution in [3.05, 3.63) is 30.0 Å². The van der Waals surface area contributed by atoms with Gasteiger partial charge in [-0.3, -0.25) is 4.79 Å². The van der Waals surface area contributed by atoms with E-state index in [1.165, 1.54) is 0 Å². The van der Waals surface area contributed by atoms with Gasteiger partial charge in [0.15, 0.2) is 0 Å². The molecule has 1 amide bonds. The number of benzene rings is 1. The average molecular weight is 259 g/mol. The average Bonchev–Trinajstić information content (AvgIpc) is 2.75. The first-order chi connectivity index (χ1) is 9.20. The number of ether oxygens (including phenoxy) is 1. The molecule has 5 heteroatoms. The molecule has 0 bridgehead atoms. The minimum Gasteiger partial charge on any atom is -0.365 e. The molecule has 3 N–H and O–H groups in total. The topological polar surface area (TPSA) is 71.3 Å². The van der Waals surface area contributed by atoms with Crippen molar-refractivity contribution in [3.63, 3.8) is 0 Å². The first-order valence-corrected chi connectivity index (χ1v) is 6.40. The molecular formula is C14H17N3O2. The van der Waals surface area contributed by atoms with Gasteiger partial charge in [0.25, 0.3) is 5.91 Å². The monoisotopic (exact) mass is 259 g/mol. The number of H-pyrrole nitrogens is 1. The molecular weight excluding hydrogens is 242 g/mol. The Morgan fingerprint density at radius 2 is 2.26 bits per heavy atom. The van der Waals surface area contributed by atoms with Gasteiger partial charge in [-0.05, 0) is 13.0 Å².